The number of para-hydroxylation sites is 1. The van der Waals surface area contributed by atoms with Crippen molar-refractivity contribution in [3.05, 3.63) is 105 Å². The number of fused-ring (bicyclic) bond motifs is 3. The molecule has 5 aromatic rings. The standard InChI is InChI=1S/C25H18ClF2N3O2/c1-33-22-5-3-2-4-16(22)12-30-14-29-23-19-10-17(27)8-9-21(19)31(24(23)25(30)32)13-15-6-7-18(28)11-20(15)26/h2-11,14H,12-13H2,1H3. The van der Waals surface area contributed by atoms with Gasteiger partial charge < -0.3 is 9.30 Å². The first-order valence-corrected chi connectivity index (χ1v) is 10.6. The Morgan fingerprint density at radius 1 is 0.970 bits per heavy atom. The van der Waals surface area contributed by atoms with E-state index in [1.165, 1.54) is 35.2 Å². The molecule has 0 aliphatic heterocycles. The highest BCUT2D eigenvalue weighted by Gasteiger charge is 2.19. The Bertz CT molecular complexity index is 1580. The summed E-state index contributed by atoms with van der Waals surface area (Å²) in [5, 5.41) is 0.759. The van der Waals surface area contributed by atoms with Gasteiger partial charge in [0.05, 0.1) is 25.5 Å². The Morgan fingerprint density at radius 3 is 2.52 bits per heavy atom. The molecule has 0 unspecified atom stereocenters. The van der Waals surface area contributed by atoms with Gasteiger partial charge in [0, 0.05) is 22.5 Å². The number of aromatic nitrogens is 3. The summed E-state index contributed by atoms with van der Waals surface area (Å²) in [4.78, 5) is 18.1. The second-order valence-corrected chi connectivity index (χ2v) is 8.08. The van der Waals surface area contributed by atoms with Gasteiger partial charge in [-0.2, -0.15) is 0 Å². The van der Waals surface area contributed by atoms with Crippen LogP contribution in [-0.2, 0) is 13.1 Å². The third-order valence-electron chi connectivity index (χ3n) is 5.67. The minimum atomic E-state index is -0.450. The Morgan fingerprint density at radius 2 is 1.73 bits per heavy atom. The Hall–Kier alpha value is -3.71. The molecule has 0 bridgehead atoms. The van der Waals surface area contributed by atoms with Gasteiger partial charge in [-0.3, -0.25) is 9.36 Å². The minimum absolute atomic E-state index is 0.195. The van der Waals surface area contributed by atoms with E-state index in [9.17, 15) is 13.6 Å². The van der Waals surface area contributed by atoms with Gasteiger partial charge in [-0.05, 0) is 42.0 Å². The van der Waals surface area contributed by atoms with E-state index in [0.717, 1.165) is 5.56 Å². The highest BCUT2D eigenvalue weighted by molar-refractivity contribution is 6.31. The van der Waals surface area contributed by atoms with Crippen molar-refractivity contribution in [1.82, 2.24) is 14.1 Å². The third kappa shape index (κ3) is 3.74. The molecule has 0 aliphatic rings. The largest absolute Gasteiger partial charge is 0.496 e. The van der Waals surface area contributed by atoms with Gasteiger partial charge in [-0.1, -0.05) is 35.9 Å². The molecule has 0 amide bonds. The predicted molar refractivity (Wildman–Crippen MR) is 124 cm³/mol. The number of nitrogens with zero attached hydrogens (tertiary/aromatic N) is 3. The first-order chi connectivity index (χ1) is 16.0. The zero-order chi connectivity index (χ0) is 23.1. The van der Waals surface area contributed by atoms with Crippen molar-refractivity contribution in [2.45, 2.75) is 13.1 Å². The number of halogens is 3. The van der Waals surface area contributed by atoms with Crippen molar-refractivity contribution in [2.75, 3.05) is 7.11 Å². The van der Waals surface area contributed by atoms with E-state index in [4.69, 9.17) is 16.3 Å². The van der Waals surface area contributed by atoms with E-state index in [2.05, 4.69) is 4.98 Å². The molecule has 3 aromatic carbocycles. The van der Waals surface area contributed by atoms with E-state index in [-0.39, 0.29) is 23.7 Å². The van der Waals surface area contributed by atoms with Gasteiger partial charge in [0.15, 0.2) is 0 Å². The molecule has 0 radical (unpaired) electrons. The molecule has 5 rings (SSSR count). The normalized spacial score (nSPS) is 11.4. The lowest BCUT2D eigenvalue weighted by molar-refractivity contribution is 0.408. The van der Waals surface area contributed by atoms with Crippen LogP contribution in [0.4, 0.5) is 8.78 Å². The first-order valence-electron chi connectivity index (χ1n) is 10.2. The molecular weight excluding hydrogens is 448 g/mol. The lowest BCUT2D eigenvalue weighted by Crippen LogP contribution is -2.23. The Balaban J connectivity index is 1.73. The second kappa shape index (κ2) is 8.33. The summed E-state index contributed by atoms with van der Waals surface area (Å²) in [7, 11) is 1.57. The minimum Gasteiger partial charge on any atom is -0.496 e. The van der Waals surface area contributed by atoms with Crippen LogP contribution in [0, 0.1) is 11.6 Å². The van der Waals surface area contributed by atoms with Crippen molar-refractivity contribution in [3.63, 3.8) is 0 Å². The SMILES string of the molecule is COc1ccccc1Cn1cnc2c3cc(F)ccc3n(Cc3ccc(F)cc3Cl)c2c1=O. The Labute approximate surface area is 192 Å². The predicted octanol–water partition coefficient (Wildman–Crippen LogP) is 5.39. The maximum atomic E-state index is 14.1. The number of ether oxygens (including phenoxy) is 1. The van der Waals surface area contributed by atoms with Crippen LogP contribution in [0.1, 0.15) is 11.1 Å². The maximum Gasteiger partial charge on any atom is 0.278 e. The topological polar surface area (TPSA) is 49.0 Å². The highest BCUT2D eigenvalue weighted by atomic mass is 35.5. The van der Waals surface area contributed by atoms with Gasteiger partial charge in [-0.15, -0.1) is 0 Å². The first kappa shape index (κ1) is 21.2. The summed E-state index contributed by atoms with van der Waals surface area (Å²) in [6.07, 6.45) is 1.46. The van der Waals surface area contributed by atoms with Crippen LogP contribution in [0.15, 0.2) is 71.8 Å². The van der Waals surface area contributed by atoms with E-state index in [1.54, 1.807) is 23.8 Å². The number of benzene rings is 3. The van der Waals surface area contributed by atoms with Crippen LogP contribution in [0.25, 0.3) is 21.9 Å². The molecule has 33 heavy (non-hydrogen) atoms. The molecule has 0 spiro atoms. The van der Waals surface area contributed by atoms with Crippen molar-refractivity contribution < 1.29 is 13.5 Å². The zero-order valence-corrected chi connectivity index (χ0v) is 18.3. The van der Waals surface area contributed by atoms with Crippen LogP contribution >= 0.6 is 11.6 Å². The van der Waals surface area contributed by atoms with Crippen LogP contribution in [-0.4, -0.2) is 21.2 Å². The number of hydrogen-bond acceptors (Lipinski definition) is 3. The van der Waals surface area contributed by atoms with Crippen LogP contribution in [0.5, 0.6) is 5.75 Å². The fourth-order valence-corrected chi connectivity index (χ4v) is 4.31. The second-order valence-electron chi connectivity index (χ2n) is 7.67. The zero-order valence-electron chi connectivity index (χ0n) is 17.6. The van der Waals surface area contributed by atoms with E-state index in [1.807, 2.05) is 24.3 Å². The van der Waals surface area contributed by atoms with Crippen LogP contribution in [0.3, 0.4) is 0 Å². The smallest absolute Gasteiger partial charge is 0.278 e. The molecule has 8 heteroatoms. The van der Waals surface area contributed by atoms with Crippen molar-refractivity contribution in [2.24, 2.45) is 0 Å². The lowest BCUT2D eigenvalue weighted by Gasteiger charge is -2.12. The average Bonchev–Trinajstić information content (AvgIpc) is 3.11. The van der Waals surface area contributed by atoms with Gasteiger partial charge >= 0.3 is 0 Å². The van der Waals surface area contributed by atoms with E-state index >= 15 is 0 Å². The summed E-state index contributed by atoms with van der Waals surface area (Å²) >= 11 is 6.26. The molecule has 0 N–H and O–H groups in total. The van der Waals surface area contributed by atoms with Crippen molar-refractivity contribution in [3.8, 4) is 5.75 Å². The van der Waals surface area contributed by atoms with E-state index < -0.39 is 11.6 Å². The summed E-state index contributed by atoms with van der Waals surface area (Å²) in [6, 6.07) is 15.8. The highest BCUT2D eigenvalue weighted by Crippen LogP contribution is 2.29. The molecule has 2 aromatic heterocycles. The molecule has 0 saturated heterocycles. The fourth-order valence-electron chi connectivity index (χ4n) is 4.09. The lowest BCUT2D eigenvalue weighted by atomic mass is 10.2. The average molecular weight is 466 g/mol. The molecular formula is C25H18ClF2N3O2. The summed E-state index contributed by atoms with van der Waals surface area (Å²) in [6.45, 7) is 0.444. The number of hydrogen-bond donors (Lipinski definition) is 0. The van der Waals surface area contributed by atoms with Gasteiger partial charge in [0.1, 0.15) is 28.4 Å². The summed E-state index contributed by atoms with van der Waals surface area (Å²) < 4.78 is 36.3. The molecule has 2 heterocycles. The number of rotatable bonds is 5. The monoisotopic (exact) mass is 465 g/mol. The molecule has 166 valence electrons. The molecule has 0 saturated carbocycles. The summed E-state index contributed by atoms with van der Waals surface area (Å²) in [5.74, 6) is -0.222. The summed E-state index contributed by atoms with van der Waals surface area (Å²) in [5.41, 5.74) is 2.49. The number of methoxy groups -OCH3 is 1. The van der Waals surface area contributed by atoms with Crippen LogP contribution in [0.2, 0.25) is 5.02 Å². The van der Waals surface area contributed by atoms with Crippen molar-refractivity contribution in [1.29, 1.82) is 0 Å². The quantitative estimate of drug-likeness (QED) is 0.350. The molecule has 0 atom stereocenters. The van der Waals surface area contributed by atoms with Crippen LogP contribution < -0.4 is 10.3 Å². The van der Waals surface area contributed by atoms with Gasteiger partial charge in [-0.25, -0.2) is 13.8 Å². The molecule has 5 nitrogen and oxygen atoms in total. The van der Waals surface area contributed by atoms with Crippen molar-refractivity contribution >= 4 is 33.5 Å². The third-order valence-corrected chi connectivity index (χ3v) is 6.02. The van der Waals surface area contributed by atoms with Gasteiger partial charge in [0.2, 0.25) is 0 Å². The maximum absolute atomic E-state index is 14.1. The van der Waals surface area contributed by atoms with Gasteiger partial charge in [0.25, 0.3) is 5.56 Å². The molecule has 0 aliphatic carbocycles. The fraction of sp³-hybridized carbons (Fsp3) is 0.120. The van der Waals surface area contributed by atoms with E-state index in [0.29, 0.717) is 33.2 Å². The Kier molecular flexibility index (Phi) is 5.34. The molecule has 0 fully saturated rings.